The predicted molar refractivity (Wildman–Crippen MR) is 87.6 cm³/mol. The Morgan fingerprint density at radius 1 is 1.43 bits per heavy atom. The summed E-state index contributed by atoms with van der Waals surface area (Å²) >= 11 is 0. The standard InChI is InChI=1S/C17H29N3O/c1-14-6-4-8-16(12-14)20(2)17-15(7-5-9-19-17)13-18-10-11-21-3/h5,7,9,14,16,18H,4,6,8,10-13H2,1-3H3. The van der Waals surface area contributed by atoms with Crippen LogP contribution in [0.2, 0.25) is 0 Å². The Morgan fingerprint density at radius 3 is 3.05 bits per heavy atom. The van der Waals surface area contributed by atoms with Gasteiger partial charge in [-0.05, 0) is 24.8 Å². The van der Waals surface area contributed by atoms with Crippen molar-refractivity contribution in [1.82, 2.24) is 10.3 Å². The second-order valence-electron chi connectivity index (χ2n) is 6.19. The van der Waals surface area contributed by atoms with Gasteiger partial charge in [0.25, 0.3) is 0 Å². The summed E-state index contributed by atoms with van der Waals surface area (Å²) in [5, 5.41) is 3.42. The number of rotatable bonds is 7. The lowest BCUT2D eigenvalue weighted by molar-refractivity contribution is 0.199. The van der Waals surface area contributed by atoms with E-state index in [2.05, 4.69) is 35.2 Å². The average molecular weight is 291 g/mol. The van der Waals surface area contributed by atoms with E-state index in [0.29, 0.717) is 6.04 Å². The van der Waals surface area contributed by atoms with Crippen molar-refractivity contribution in [2.75, 3.05) is 32.2 Å². The van der Waals surface area contributed by atoms with E-state index >= 15 is 0 Å². The number of hydrogen-bond donors (Lipinski definition) is 1. The number of aromatic nitrogens is 1. The first kappa shape index (κ1) is 16.2. The minimum atomic E-state index is 0.626. The van der Waals surface area contributed by atoms with Gasteiger partial charge in [0, 0.05) is 45.0 Å². The largest absolute Gasteiger partial charge is 0.383 e. The van der Waals surface area contributed by atoms with E-state index in [1.807, 2.05) is 12.3 Å². The minimum Gasteiger partial charge on any atom is -0.383 e. The van der Waals surface area contributed by atoms with Crippen molar-refractivity contribution in [3.8, 4) is 0 Å². The number of pyridine rings is 1. The third kappa shape index (κ3) is 4.68. The van der Waals surface area contributed by atoms with Crippen molar-refractivity contribution in [3.63, 3.8) is 0 Å². The molecule has 118 valence electrons. The molecule has 1 aliphatic carbocycles. The molecule has 0 saturated heterocycles. The normalized spacial score (nSPS) is 22.2. The molecule has 0 bridgehead atoms. The van der Waals surface area contributed by atoms with Crippen molar-refractivity contribution < 1.29 is 4.74 Å². The fourth-order valence-corrected chi connectivity index (χ4v) is 3.21. The summed E-state index contributed by atoms with van der Waals surface area (Å²) in [4.78, 5) is 7.02. The molecule has 1 aromatic heterocycles. The van der Waals surface area contributed by atoms with Gasteiger partial charge in [0.2, 0.25) is 0 Å². The number of ether oxygens (including phenoxy) is 1. The average Bonchev–Trinajstić information content (AvgIpc) is 2.51. The third-order valence-electron chi connectivity index (χ3n) is 4.46. The van der Waals surface area contributed by atoms with Gasteiger partial charge in [0.05, 0.1) is 6.61 Å². The van der Waals surface area contributed by atoms with Gasteiger partial charge in [-0.25, -0.2) is 4.98 Å². The molecule has 0 spiro atoms. The van der Waals surface area contributed by atoms with Crippen LogP contribution in [0.1, 0.15) is 38.2 Å². The van der Waals surface area contributed by atoms with E-state index in [9.17, 15) is 0 Å². The molecule has 0 amide bonds. The highest BCUT2D eigenvalue weighted by molar-refractivity contribution is 5.47. The summed E-state index contributed by atoms with van der Waals surface area (Å²) in [5.74, 6) is 1.96. The molecule has 1 saturated carbocycles. The number of nitrogens with zero attached hydrogens (tertiary/aromatic N) is 2. The lowest BCUT2D eigenvalue weighted by Crippen LogP contribution is -2.37. The van der Waals surface area contributed by atoms with Gasteiger partial charge in [0.15, 0.2) is 0 Å². The van der Waals surface area contributed by atoms with Crippen LogP contribution in [0.3, 0.4) is 0 Å². The highest BCUT2D eigenvalue weighted by Gasteiger charge is 2.24. The first-order valence-corrected chi connectivity index (χ1v) is 8.08. The van der Waals surface area contributed by atoms with E-state index in [-0.39, 0.29) is 0 Å². The van der Waals surface area contributed by atoms with Gasteiger partial charge in [0.1, 0.15) is 5.82 Å². The third-order valence-corrected chi connectivity index (χ3v) is 4.46. The minimum absolute atomic E-state index is 0.626. The Bertz CT molecular complexity index is 424. The molecular formula is C17H29N3O. The SMILES string of the molecule is COCCNCc1cccnc1N(C)C1CCCC(C)C1. The maximum absolute atomic E-state index is 5.08. The van der Waals surface area contributed by atoms with Crippen LogP contribution in [0, 0.1) is 5.92 Å². The monoisotopic (exact) mass is 291 g/mol. The van der Waals surface area contributed by atoms with E-state index in [1.54, 1.807) is 7.11 Å². The van der Waals surface area contributed by atoms with Crippen LogP contribution in [0.25, 0.3) is 0 Å². The van der Waals surface area contributed by atoms with Gasteiger partial charge < -0.3 is 15.0 Å². The van der Waals surface area contributed by atoms with Gasteiger partial charge in [-0.2, -0.15) is 0 Å². The van der Waals surface area contributed by atoms with Crippen LogP contribution < -0.4 is 10.2 Å². The van der Waals surface area contributed by atoms with E-state index < -0.39 is 0 Å². The molecule has 4 heteroatoms. The van der Waals surface area contributed by atoms with Crippen LogP contribution >= 0.6 is 0 Å². The zero-order valence-corrected chi connectivity index (χ0v) is 13.6. The Labute approximate surface area is 128 Å². The molecule has 0 aromatic carbocycles. The molecule has 2 unspecified atom stereocenters. The van der Waals surface area contributed by atoms with Crippen LogP contribution in [0.4, 0.5) is 5.82 Å². The molecule has 1 N–H and O–H groups in total. The van der Waals surface area contributed by atoms with E-state index in [0.717, 1.165) is 31.4 Å². The maximum Gasteiger partial charge on any atom is 0.132 e. The van der Waals surface area contributed by atoms with Gasteiger partial charge in [-0.15, -0.1) is 0 Å². The molecular weight excluding hydrogens is 262 g/mol. The van der Waals surface area contributed by atoms with Crippen LogP contribution in [-0.2, 0) is 11.3 Å². The Morgan fingerprint density at radius 2 is 2.29 bits per heavy atom. The zero-order chi connectivity index (χ0) is 15.1. The summed E-state index contributed by atoms with van der Waals surface area (Å²) in [6, 6.07) is 4.82. The van der Waals surface area contributed by atoms with Gasteiger partial charge >= 0.3 is 0 Å². The number of hydrogen-bond acceptors (Lipinski definition) is 4. The molecule has 2 atom stereocenters. The second-order valence-corrected chi connectivity index (χ2v) is 6.19. The number of methoxy groups -OCH3 is 1. The second kappa shape index (κ2) is 8.35. The molecule has 1 heterocycles. The van der Waals surface area contributed by atoms with E-state index in [1.165, 1.54) is 31.2 Å². The van der Waals surface area contributed by atoms with Crippen LogP contribution in [0.5, 0.6) is 0 Å². The summed E-state index contributed by atoms with van der Waals surface area (Å²) < 4.78 is 5.08. The number of nitrogens with one attached hydrogen (secondary N) is 1. The quantitative estimate of drug-likeness (QED) is 0.784. The molecule has 2 rings (SSSR count). The first-order chi connectivity index (χ1) is 10.2. The highest BCUT2D eigenvalue weighted by atomic mass is 16.5. The Hall–Kier alpha value is -1.13. The molecule has 1 aromatic rings. The van der Waals surface area contributed by atoms with Crippen molar-refractivity contribution in [2.24, 2.45) is 5.92 Å². The summed E-state index contributed by atoms with van der Waals surface area (Å²) in [6.45, 7) is 4.82. The van der Waals surface area contributed by atoms with Crippen molar-refractivity contribution in [3.05, 3.63) is 23.9 Å². The lowest BCUT2D eigenvalue weighted by Gasteiger charge is -2.35. The number of anilines is 1. The molecule has 21 heavy (non-hydrogen) atoms. The Balaban J connectivity index is 2.00. The predicted octanol–water partition coefficient (Wildman–Crippen LogP) is 2.83. The molecule has 1 aliphatic rings. The van der Waals surface area contributed by atoms with Crippen LogP contribution in [-0.4, -0.2) is 38.3 Å². The molecule has 0 aliphatic heterocycles. The van der Waals surface area contributed by atoms with Crippen molar-refractivity contribution >= 4 is 5.82 Å². The Kier molecular flexibility index (Phi) is 6.46. The summed E-state index contributed by atoms with van der Waals surface area (Å²) in [6.07, 6.45) is 7.18. The molecule has 4 nitrogen and oxygen atoms in total. The maximum atomic E-state index is 5.08. The fourth-order valence-electron chi connectivity index (χ4n) is 3.21. The fraction of sp³-hybridized carbons (Fsp3) is 0.706. The summed E-state index contributed by atoms with van der Waals surface area (Å²) in [7, 11) is 3.93. The van der Waals surface area contributed by atoms with Crippen molar-refractivity contribution in [2.45, 2.75) is 45.2 Å². The molecule has 1 fully saturated rings. The van der Waals surface area contributed by atoms with Gasteiger partial charge in [-0.3, -0.25) is 0 Å². The topological polar surface area (TPSA) is 37.4 Å². The summed E-state index contributed by atoms with van der Waals surface area (Å²) in [5.41, 5.74) is 1.27. The zero-order valence-electron chi connectivity index (χ0n) is 13.6. The van der Waals surface area contributed by atoms with E-state index in [4.69, 9.17) is 4.74 Å². The van der Waals surface area contributed by atoms with Gasteiger partial charge in [-0.1, -0.05) is 25.8 Å². The van der Waals surface area contributed by atoms with Crippen molar-refractivity contribution in [1.29, 1.82) is 0 Å². The van der Waals surface area contributed by atoms with Crippen LogP contribution in [0.15, 0.2) is 18.3 Å². The highest BCUT2D eigenvalue weighted by Crippen LogP contribution is 2.30. The lowest BCUT2D eigenvalue weighted by atomic mass is 9.86. The smallest absolute Gasteiger partial charge is 0.132 e. The first-order valence-electron chi connectivity index (χ1n) is 8.08. The molecule has 0 radical (unpaired) electrons.